The summed E-state index contributed by atoms with van der Waals surface area (Å²) >= 11 is 0. The van der Waals surface area contributed by atoms with Crippen LogP contribution in [0.15, 0.2) is 0 Å². The molecule has 11 nitrogen and oxygen atoms in total. The van der Waals surface area contributed by atoms with Gasteiger partial charge in [0.2, 0.25) is 5.78 Å². The monoisotopic (exact) mass is 520 g/mol. The number of carboxylic acid groups (broad SMARTS) is 1. The molecule has 0 saturated heterocycles. The Balaban J connectivity index is 3.24. The summed E-state index contributed by atoms with van der Waals surface area (Å²) in [7, 11) is 0. The van der Waals surface area contributed by atoms with Gasteiger partial charge in [-0.25, -0.2) is 4.79 Å². The maximum absolute atomic E-state index is 11.6. The average molecular weight is 521 g/mol. The van der Waals surface area contributed by atoms with Crippen molar-refractivity contribution < 1.29 is 52.7 Å². The van der Waals surface area contributed by atoms with Crippen LogP contribution in [-0.2, 0) is 47.6 Å². The van der Waals surface area contributed by atoms with E-state index in [1.54, 1.807) is 0 Å². The number of unbranched alkanes of at least 4 members (excludes halogenated alkanes) is 6. The highest BCUT2D eigenvalue weighted by Crippen LogP contribution is 2.08. The Kier molecular flexibility index (Phi) is 24.5. The van der Waals surface area contributed by atoms with Gasteiger partial charge in [-0.15, -0.1) is 0 Å². The Labute approximate surface area is 214 Å². The fourth-order valence-electron chi connectivity index (χ4n) is 2.88. The van der Waals surface area contributed by atoms with Crippen LogP contribution in [0.3, 0.4) is 0 Å². The van der Waals surface area contributed by atoms with Gasteiger partial charge < -0.3 is 33.5 Å². The zero-order valence-electron chi connectivity index (χ0n) is 21.7. The minimum Gasteiger partial charge on any atom is -0.476 e. The minimum absolute atomic E-state index is 0.0155. The first-order chi connectivity index (χ1) is 17.5. The van der Waals surface area contributed by atoms with Crippen molar-refractivity contribution in [1.29, 1.82) is 0 Å². The van der Waals surface area contributed by atoms with E-state index in [4.69, 9.17) is 33.5 Å². The summed E-state index contributed by atoms with van der Waals surface area (Å²) in [6.45, 7) is 5.26. The zero-order valence-corrected chi connectivity index (χ0v) is 21.7. The van der Waals surface area contributed by atoms with Crippen LogP contribution in [0.25, 0.3) is 0 Å². The van der Waals surface area contributed by atoms with Crippen LogP contribution in [0.5, 0.6) is 0 Å². The number of rotatable bonds is 27. The standard InChI is InChI=1S/C25H44O11/c1-2-3-4-5-6-7-8-9-23(27)35-20-18-33-16-14-31-12-13-32-15-17-34-19-21-36-24(28)11-10-22(26)25(29)30/h2-21H2,1H3,(H,29,30). The van der Waals surface area contributed by atoms with Gasteiger partial charge in [0.1, 0.15) is 13.2 Å². The quantitative estimate of drug-likeness (QED) is 0.0969. The lowest BCUT2D eigenvalue weighted by atomic mass is 10.1. The third-order valence-electron chi connectivity index (χ3n) is 4.88. The summed E-state index contributed by atoms with van der Waals surface area (Å²) in [6, 6.07) is 0. The number of carboxylic acids is 1. The summed E-state index contributed by atoms with van der Waals surface area (Å²) < 4.78 is 31.3. The molecule has 0 aliphatic rings. The molecule has 210 valence electrons. The lowest BCUT2D eigenvalue weighted by Crippen LogP contribution is -2.17. The molecule has 0 spiro atoms. The SMILES string of the molecule is CCCCCCCCCC(=O)OCCOCCOCCOCCOCCOC(=O)CCC(=O)C(=O)O. The topological polar surface area (TPSA) is 144 Å². The van der Waals surface area contributed by atoms with Crippen LogP contribution in [0.1, 0.15) is 71.1 Å². The van der Waals surface area contributed by atoms with E-state index in [9.17, 15) is 19.2 Å². The first-order valence-electron chi connectivity index (χ1n) is 12.9. The highest BCUT2D eigenvalue weighted by Gasteiger charge is 2.14. The van der Waals surface area contributed by atoms with Crippen LogP contribution in [-0.4, -0.2) is 94.9 Å². The number of ether oxygens (including phenoxy) is 6. The first-order valence-corrected chi connectivity index (χ1v) is 12.9. The number of Topliss-reactive ketones (excluding diaryl/α,β-unsaturated/α-hetero) is 1. The molecule has 0 aromatic rings. The molecule has 0 heterocycles. The van der Waals surface area contributed by atoms with Gasteiger partial charge in [-0.05, 0) is 6.42 Å². The molecule has 0 aromatic carbocycles. The van der Waals surface area contributed by atoms with E-state index in [1.165, 1.54) is 32.1 Å². The highest BCUT2D eigenvalue weighted by atomic mass is 16.6. The number of hydrogen-bond acceptors (Lipinski definition) is 10. The second kappa shape index (κ2) is 26.0. The van der Waals surface area contributed by atoms with Crippen molar-refractivity contribution in [3.63, 3.8) is 0 Å². The Morgan fingerprint density at radius 1 is 0.500 bits per heavy atom. The predicted molar refractivity (Wildman–Crippen MR) is 130 cm³/mol. The van der Waals surface area contributed by atoms with Gasteiger partial charge in [0.05, 0.1) is 59.3 Å². The maximum atomic E-state index is 11.6. The predicted octanol–water partition coefficient (Wildman–Crippen LogP) is 2.71. The average Bonchev–Trinajstić information content (AvgIpc) is 2.86. The number of hydrogen-bond donors (Lipinski definition) is 1. The van der Waals surface area contributed by atoms with E-state index >= 15 is 0 Å². The molecule has 0 aromatic heterocycles. The second-order valence-corrected chi connectivity index (χ2v) is 7.99. The number of ketones is 1. The summed E-state index contributed by atoms with van der Waals surface area (Å²) in [6.07, 6.45) is 7.99. The lowest BCUT2D eigenvalue weighted by molar-refractivity contribution is -0.151. The van der Waals surface area contributed by atoms with Crippen LogP contribution in [0.4, 0.5) is 0 Å². The Morgan fingerprint density at radius 2 is 0.889 bits per heavy atom. The van der Waals surface area contributed by atoms with Gasteiger partial charge in [-0.1, -0.05) is 45.4 Å². The third kappa shape index (κ3) is 25.0. The number of esters is 2. The molecule has 0 unspecified atom stereocenters. The summed E-state index contributed by atoms with van der Waals surface area (Å²) in [5.41, 5.74) is 0. The summed E-state index contributed by atoms with van der Waals surface area (Å²) in [4.78, 5) is 44.1. The largest absolute Gasteiger partial charge is 0.476 e. The molecule has 11 heteroatoms. The molecule has 0 aliphatic heterocycles. The fraction of sp³-hybridized carbons (Fsp3) is 0.840. The molecule has 36 heavy (non-hydrogen) atoms. The van der Waals surface area contributed by atoms with E-state index < -0.39 is 17.7 Å². The smallest absolute Gasteiger partial charge is 0.372 e. The van der Waals surface area contributed by atoms with Gasteiger partial charge in [0.15, 0.2) is 0 Å². The molecular weight excluding hydrogens is 476 g/mol. The van der Waals surface area contributed by atoms with Crippen molar-refractivity contribution in [2.45, 2.75) is 71.1 Å². The Morgan fingerprint density at radius 3 is 1.33 bits per heavy atom. The van der Waals surface area contributed by atoms with Crippen molar-refractivity contribution in [3.05, 3.63) is 0 Å². The van der Waals surface area contributed by atoms with Crippen LogP contribution in [0.2, 0.25) is 0 Å². The Hall–Kier alpha value is -2.08. The van der Waals surface area contributed by atoms with E-state index in [0.29, 0.717) is 52.7 Å². The van der Waals surface area contributed by atoms with Gasteiger partial charge in [-0.3, -0.25) is 14.4 Å². The molecule has 0 atom stereocenters. The zero-order chi connectivity index (χ0) is 26.7. The van der Waals surface area contributed by atoms with Crippen LogP contribution >= 0.6 is 0 Å². The minimum atomic E-state index is -1.56. The van der Waals surface area contributed by atoms with Gasteiger partial charge >= 0.3 is 17.9 Å². The molecule has 1 N–H and O–H groups in total. The first kappa shape index (κ1) is 33.9. The third-order valence-corrected chi connectivity index (χ3v) is 4.88. The van der Waals surface area contributed by atoms with Crippen molar-refractivity contribution in [2.75, 3.05) is 66.1 Å². The van der Waals surface area contributed by atoms with Crippen LogP contribution < -0.4 is 0 Å². The van der Waals surface area contributed by atoms with Gasteiger partial charge in [0.25, 0.3) is 0 Å². The molecule has 0 aliphatic carbocycles. The summed E-state index contributed by atoms with van der Waals surface area (Å²) in [5.74, 6) is -3.40. The van der Waals surface area contributed by atoms with E-state index in [0.717, 1.165) is 12.8 Å². The Bertz CT molecular complexity index is 580. The van der Waals surface area contributed by atoms with Crippen molar-refractivity contribution in [3.8, 4) is 0 Å². The van der Waals surface area contributed by atoms with Crippen molar-refractivity contribution in [2.24, 2.45) is 0 Å². The molecule has 0 bridgehead atoms. The molecule has 0 saturated carbocycles. The molecule has 0 rings (SSSR count). The van der Waals surface area contributed by atoms with E-state index in [2.05, 4.69) is 6.92 Å². The van der Waals surface area contributed by atoms with E-state index in [-0.39, 0.29) is 38.6 Å². The van der Waals surface area contributed by atoms with Crippen molar-refractivity contribution >= 4 is 23.7 Å². The van der Waals surface area contributed by atoms with Crippen LogP contribution in [0, 0.1) is 0 Å². The molecular formula is C25H44O11. The lowest BCUT2D eigenvalue weighted by Gasteiger charge is -2.08. The van der Waals surface area contributed by atoms with Gasteiger partial charge in [0, 0.05) is 12.8 Å². The highest BCUT2D eigenvalue weighted by molar-refractivity contribution is 6.32. The number of aliphatic carboxylic acids is 1. The molecule has 0 radical (unpaired) electrons. The fourth-order valence-corrected chi connectivity index (χ4v) is 2.88. The second-order valence-electron chi connectivity index (χ2n) is 7.99. The van der Waals surface area contributed by atoms with Gasteiger partial charge in [-0.2, -0.15) is 0 Å². The normalized spacial score (nSPS) is 10.8. The number of carbonyl (C=O) groups is 4. The van der Waals surface area contributed by atoms with Crippen molar-refractivity contribution in [1.82, 2.24) is 0 Å². The molecule has 0 amide bonds. The van der Waals surface area contributed by atoms with E-state index in [1.807, 2.05) is 0 Å². The maximum Gasteiger partial charge on any atom is 0.372 e. The molecule has 0 fully saturated rings. The summed E-state index contributed by atoms with van der Waals surface area (Å²) in [5, 5.41) is 8.41. The number of carbonyl (C=O) groups excluding carboxylic acids is 3.